The fourth-order valence-corrected chi connectivity index (χ4v) is 4.95. The van der Waals surface area contributed by atoms with Gasteiger partial charge in [-0.05, 0) is 45.2 Å². The minimum atomic E-state index is 0.499. The number of rotatable bonds is 9. The summed E-state index contributed by atoms with van der Waals surface area (Å²) in [6.07, 6.45) is 10.4. The van der Waals surface area contributed by atoms with Crippen LogP contribution in [0.3, 0.4) is 0 Å². The Hall–Kier alpha value is -1.40. The van der Waals surface area contributed by atoms with Crippen LogP contribution in [0.1, 0.15) is 59.8 Å². The van der Waals surface area contributed by atoms with Gasteiger partial charge < -0.3 is 14.7 Å². The quantitative estimate of drug-likeness (QED) is 0.611. The summed E-state index contributed by atoms with van der Waals surface area (Å²) in [5, 5.41) is 0. The van der Waals surface area contributed by atoms with Crippen molar-refractivity contribution >= 4 is 11.6 Å². The molecule has 0 aliphatic carbocycles. The molecule has 2 aliphatic heterocycles. The van der Waals surface area contributed by atoms with E-state index in [1.54, 1.807) is 0 Å². The van der Waals surface area contributed by atoms with Gasteiger partial charge in [-0.25, -0.2) is 9.97 Å². The van der Waals surface area contributed by atoms with Crippen molar-refractivity contribution in [3.05, 3.63) is 12.4 Å². The molecule has 0 spiro atoms. The predicted molar refractivity (Wildman–Crippen MR) is 128 cm³/mol. The molecule has 1 aromatic heterocycles. The zero-order valence-electron chi connectivity index (χ0n) is 20.1. The van der Waals surface area contributed by atoms with Gasteiger partial charge in [0.25, 0.3) is 0 Å². The molecule has 2 aliphatic rings. The number of aromatic nitrogens is 2. The van der Waals surface area contributed by atoms with E-state index in [2.05, 4.69) is 66.7 Å². The Morgan fingerprint density at radius 2 is 1.57 bits per heavy atom. The molecule has 0 N–H and O–H groups in total. The second-order valence-corrected chi connectivity index (χ2v) is 9.48. The molecule has 3 atom stereocenters. The molecule has 2 fully saturated rings. The normalized spacial score (nSPS) is 25.0. The van der Waals surface area contributed by atoms with Crippen molar-refractivity contribution in [3.63, 3.8) is 0 Å². The van der Waals surface area contributed by atoms with Crippen molar-refractivity contribution in [2.75, 3.05) is 62.7 Å². The van der Waals surface area contributed by atoms with Crippen molar-refractivity contribution in [1.29, 1.82) is 0 Å². The van der Waals surface area contributed by atoms with E-state index < -0.39 is 0 Å². The Balaban J connectivity index is 1.54. The van der Waals surface area contributed by atoms with Gasteiger partial charge in [0.15, 0.2) is 0 Å². The summed E-state index contributed by atoms with van der Waals surface area (Å²) in [5.74, 6) is 1.77. The summed E-state index contributed by atoms with van der Waals surface area (Å²) in [6.45, 7) is 17.1. The van der Waals surface area contributed by atoms with E-state index in [1.165, 1.54) is 31.5 Å². The molecule has 0 aromatic carbocycles. The molecule has 3 rings (SSSR count). The van der Waals surface area contributed by atoms with Gasteiger partial charge in [0.05, 0.1) is 18.1 Å². The van der Waals surface area contributed by atoms with E-state index in [9.17, 15) is 0 Å². The van der Waals surface area contributed by atoms with Crippen LogP contribution in [-0.4, -0.2) is 84.7 Å². The molecule has 3 heterocycles. The third kappa shape index (κ3) is 5.85. The van der Waals surface area contributed by atoms with Crippen LogP contribution in [0.2, 0.25) is 0 Å². The molecule has 0 saturated carbocycles. The van der Waals surface area contributed by atoms with Crippen molar-refractivity contribution in [1.82, 2.24) is 19.8 Å². The van der Waals surface area contributed by atoms with Crippen LogP contribution in [0.15, 0.2) is 12.4 Å². The number of piperazine rings is 2. The summed E-state index contributed by atoms with van der Waals surface area (Å²) < 4.78 is 0. The number of hydrogen-bond donors (Lipinski definition) is 0. The SMILES string of the molecule is CCC(C)CCCN1CCN(c2cnc(N3C(CC)CN(C)CC3CC)nc2)CC1. The van der Waals surface area contributed by atoms with Crippen molar-refractivity contribution in [2.24, 2.45) is 5.92 Å². The highest BCUT2D eigenvalue weighted by atomic mass is 15.4. The molecular weight excluding hydrogens is 372 g/mol. The minimum Gasteiger partial charge on any atom is -0.366 e. The number of hydrogen-bond acceptors (Lipinski definition) is 6. The van der Waals surface area contributed by atoms with Gasteiger partial charge in [-0.3, -0.25) is 4.90 Å². The Morgan fingerprint density at radius 1 is 0.967 bits per heavy atom. The van der Waals surface area contributed by atoms with E-state index >= 15 is 0 Å². The molecule has 0 radical (unpaired) electrons. The lowest BCUT2D eigenvalue weighted by Crippen LogP contribution is -2.58. The predicted octanol–water partition coefficient (Wildman–Crippen LogP) is 3.73. The number of anilines is 2. The maximum atomic E-state index is 4.84. The van der Waals surface area contributed by atoms with Gasteiger partial charge >= 0.3 is 0 Å². The third-order valence-electron chi connectivity index (χ3n) is 7.24. The van der Waals surface area contributed by atoms with Crippen LogP contribution < -0.4 is 9.80 Å². The molecule has 3 unspecified atom stereocenters. The number of nitrogens with zero attached hydrogens (tertiary/aromatic N) is 6. The van der Waals surface area contributed by atoms with Gasteiger partial charge in [0.1, 0.15) is 0 Å². The van der Waals surface area contributed by atoms with Crippen LogP contribution >= 0.6 is 0 Å². The summed E-state index contributed by atoms with van der Waals surface area (Å²) >= 11 is 0. The van der Waals surface area contributed by atoms with Gasteiger partial charge in [-0.1, -0.05) is 34.1 Å². The summed E-state index contributed by atoms with van der Waals surface area (Å²) in [5.41, 5.74) is 1.17. The maximum Gasteiger partial charge on any atom is 0.225 e. The Kier molecular flexibility index (Phi) is 8.75. The van der Waals surface area contributed by atoms with Gasteiger partial charge in [-0.15, -0.1) is 0 Å². The summed E-state index contributed by atoms with van der Waals surface area (Å²) in [7, 11) is 2.23. The molecule has 6 heteroatoms. The third-order valence-corrected chi connectivity index (χ3v) is 7.24. The Morgan fingerprint density at radius 3 is 2.10 bits per heavy atom. The molecule has 30 heavy (non-hydrogen) atoms. The molecule has 1 aromatic rings. The summed E-state index contributed by atoms with van der Waals surface area (Å²) in [6, 6.07) is 0.997. The molecule has 6 nitrogen and oxygen atoms in total. The molecule has 0 amide bonds. The lowest BCUT2D eigenvalue weighted by Gasteiger charge is -2.45. The first-order valence-electron chi connectivity index (χ1n) is 12.3. The topological polar surface area (TPSA) is 38.7 Å². The van der Waals surface area contributed by atoms with Crippen molar-refractivity contribution in [2.45, 2.75) is 71.9 Å². The second-order valence-electron chi connectivity index (χ2n) is 9.48. The van der Waals surface area contributed by atoms with Crippen molar-refractivity contribution in [3.8, 4) is 0 Å². The lowest BCUT2D eigenvalue weighted by atomic mass is 10.0. The molecule has 0 bridgehead atoms. The lowest BCUT2D eigenvalue weighted by molar-refractivity contribution is 0.217. The minimum absolute atomic E-state index is 0.499. The van der Waals surface area contributed by atoms with E-state index in [0.29, 0.717) is 12.1 Å². The standard InChI is InChI=1S/C24H44N6/c1-6-20(4)10-9-11-28-12-14-29(15-13-28)23-16-25-24(26-17-23)30-21(7-2)18-27(5)19-22(30)8-3/h16-17,20-22H,6-15,18-19H2,1-5H3. The van der Waals surface area contributed by atoms with Crippen LogP contribution in [-0.2, 0) is 0 Å². The van der Waals surface area contributed by atoms with Gasteiger partial charge in [-0.2, -0.15) is 0 Å². The number of likely N-dealkylation sites (N-methyl/N-ethyl adjacent to an activating group) is 1. The highest BCUT2D eigenvalue weighted by Crippen LogP contribution is 2.25. The zero-order valence-corrected chi connectivity index (χ0v) is 20.1. The first-order chi connectivity index (χ1) is 14.5. The fraction of sp³-hybridized carbons (Fsp3) is 0.833. The molecule has 170 valence electrons. The van der Waals surface area contributed by atoms with Gasteiger partial charge in [0, 0.05) is 51.4 Å². The van der Waals surface area contributed by atoms with E-state index in [1.807, 2.05) is 0 Å². The van der Waals surface area contributed by atoms with Crippen LogP contribution in [0.25, 0.3) is 0 Å². The van der Waals surface area contributed by atoms with Gasteiger partial charge in [0.2, 0.25) is 5.95 Å². The van der Waals surface area contributed by atoms with E-state index in [0.717, 1.165) is 64.0 Å². The van der Waals surface area contributed by atoms with Crippen LogP contribution in [0, 0.1) is 5.92 Å². The highest BCUT2D eigenvalue weighted by Gasteiger charge is 2.33. The summed E-state index contributed by atoms with van der Waals surface area (Å²) in [4.78, 5) is 19.7. The van der Waals surface area contributed by atoms with Crippen molar-refractivity contribution < 1.29 is 0 Å². The monoisotopic (exact) mass is 416 g/mol. The first-order valence-corrected chi connectivity index (χ1v) is 12.3. The second kappa shape index (κ2) is 11.3. The average molecular weight is 417 g/mol. The van der Waals surface area contributed by atoms with E-state index in [-0.39, 0.29) is 0 Å². The van der Waals surface area contributed by atoms with Crippen LogP contribution in [0.4, 0.5) is 11.6 Å². The highest BCUT2D eigenvalue weighted by molar-refractivity contribution is 5.46. The zero-order chi connectivity index (χ0) is 21.5. The Labute approximate surface area is 184 Å². The molecular formula is C24H44N6. The smallest absolute Gasteiger partial charge is 0.225 e. The maximum absolute atomic E-state index is 4.84. The van der Waals surface area contributed by atoms with E-state index in [4.69, 9.17) is 9.97 Å². The Bertz CT molecular complexity index is 599. The first kappa shape index (κ1) is 23.3. The molecule has 2 saturated heterocycles. The fourth-order valence-electron chi connectivity index (χ4n) is 4.95. The van der Waals surface area contributed by atoms with Crippen LogP contribution in [0.5, 0.6) is 0 Å². The largest absolute Gasteiger partial charge is 0.366 e. The average Bonchev–Trinajstić information content (AvgIpc) is 2.78.